The number of hydrogen-bond acceptors (Lipinski definition) is 5. The van der Waals surface area contributed by atoms with Crippen molar-refractivity contribution in [1.29, 1.82) is 0 Å². The van der Waals surface area contributed by atoms with Crippen LogP contribution in [-0.2, 0) is 35.4 Å². The topological polar surface area (TPSA) is 73.6 Å². The van der Waals surface area contributed by atoms with Gasteiger partial charge >= 0.3 is 5.97 Å². The molecule has 5 nitrogen and oxygen atoms in total. The summed E-state index contributed by atoms with van der Waals surface area (Å²) in [6, 6.07) is 24.3. The van der Waals surface area contributed by atoms with Crippen LogP contribution in [-0.4, -0.2) is 24.7 Å². The third-order valence-corrected chi connectivity index (χ3v) is 7.06. The standard InChI is InChI=1S/C32H40N2O3/c1-32(2,22-26-19-27-11-6-7-12-28(27)20-26)34-17-8-18-36-30-21-24(13-15-29(30)33)14-16-31(35)37-23-25-9-4-3-5-10-25/h3-7,9-13,15,21,26,34H,8,14,16-20,22-23,33H2,1-2H3. The van der Waals surface area contributed by atoms with Gasteiger partial charge in [-0.05, 0) is 92.8 Å². The molecule has 0 atom stereocenters. The van der Waals surface area contributed by atoms with E-state index < -0.39 is 0 Å². The van der Waals surface area contributed by atoms with E-state index >= 15 is 0 Å². The smallest absolute Gasteiger partial charge is 0.306 e. The number of aryl methyl sites for hydroxylation is 1. The highest BCUT2D eigenvalue weighted by Gasteiger charge is 2.27. The normalized spacial score (nSPS) is 13.4. The predicted octanol–water partition coefficient (Wildman–Crippen LogP) is 5.89. The molecule has 0 aliphatic heterocycles. The van der Waals surface area contributed by atoms with Crippen LogP contribution in [0.4, 0.5) is 5.69 Å². The lowest BCUT2D eigenvalue weighted by Gasteiger charge is -2.29. The van der Waals surface area contributed by atoms with Gasteiger partial charge < -0.3 is 20.5 Å². The van der Waals surface area contributed by atoms with Crippen LogP contribution in [0.15, 0.2) is 72.8 Å². The average molecular weight is 501 g/mol. The molecule has 0 aromatic heterocycles. The molecule has 196 valence electrons. The Balaban J connectivity index is 1.14. The molecule has 0 unspecified atom stereocenters. The lowest BCUT2D eigenvalue weighted by Crippen LogP contribution is -2.42. The Kier molecular flexibility index (Phi) is 9.24. The highest BCUT2D eigenvalue weighted by molar-refractivity contribution is 5.70. The highest BCUT2D eigenvalue weighted by atomic mass is 16.5. The summed E-state index contributed by atoms with van der Waals surface area (Å²) < 4.78 is 11.4. The maximum absolute atomic E-state index is 12.1. The highest BCUT2D eigenvalue weighted by Crippen LogP contribution is 2.32. The first-order chi connectivity index (χ1) is 17.9. The molecule has 0 saturated heterocycles. The summed E-state index contributed by atoms with van der Waals surface area (Å²) in [5, 5.41) is 3.72. The molecule has 0 heterocycles. The van der Waals surface area contributed by atoms with Crippen molar-refractivity contribution in [3.63, 3.8) is 0 Å². The number of hydrogen-bond donors (Lipinski definition) is 2. The van der Waals surface area contributed by atoms with Gasteiger partial charge in [-0.3, -0.25) is 4.79 Å². The largest absolute Gasteiger partial charge is 0.491 e. The van der Waals surface area contributed by atoms with E-state index in [-0.39, 0.29) is 11.5 Å². The van der Waals surface area contributed by atoms with Gasteiger partial charge in [0.1, 0.15) is 12.4 Å². The fraction of sp³-hybridized carbons (Fsp3) is 0.406. The Morgan fingerprint density at radius 1 is 0.973 bits per heavy atom. The molecular weight excluding hydrogens is 460 g/mol. The van der Waals surface area contributed by atoms with E-state index in [2.05, 4.69) is 43.4 Å². The van der Waals surface area contributed by atoms with E-state index in [1.165, 1.54) is 24.0 Å². The van der Waals surface area contributed by atoms with Gasteiger partial charge in [0, 0.05) is 12.0 Å². The zero-order chi connectivity index (χ0) is 26.1. The van der Waals surface area contributed by atoms with E-state index in [0.29, 0.717) is 43.4 Å². The third-order valence-electron chi connectivity index (χ3n) is 7.06. The summed E-state index contributed by atoms with van der Waals surface area (Å²) in [6.45, 7) is 6.37. The maximum atomic E-state index is 12.1. The van der Waals surface area contributed by atoms with Crippen LogP contribution in [0.5, 0.6) is 5.75 Å². The number of carbonyl (C=O) groups is 1. The number of benzene rings is 3. The van der Waals surface area contributed by atoms with Crippen LogP contribution in [0, 0.1) is 5.92 Å². The van der Waals surface area contributed by atoms with Gasteiger partial charge in [0.15, 0.2) is 0 Å². The van der Waals surface area contributed by atoms with Crippen LogP contribution in [0.25, 0.3) is 0 Å². The quantitative estimate of drug-likeness (QED) is 0.174. The second-order valence-corrected chi connectivity index (χ2v) is 10.8. The van der Waals surface area contributed by atoms with Gasteiger partial charge in [-0.2, -0.15) is 0 Å². The van der Waals surface area contributed by atoms with Crippen LogP contribution in [0.2, 0.25) is 0 Å². The van der Waals surface area contributed by atoms with Crippen molar-refractivity contribution in [1.82, 2.24) is 5.32 Å². The molecular formula is C32H40N2O3. The Morgan fingerprint density at radius 3 is 2.41 bits per heavy atom. The van der Waals surface area contributed by atoms with Crippen molar-refractivity contribution < 1.29 is 14.3 Å². The van der Waals surface area contributed by atoms with Gasteiger partial charge in [0.05, 0.1) is 12.3 Å². The van der Waals surface area contributed by atoms with Crippen LogP contribution >= 0.6 is 0 Å². The molecule has 1 aliphatic rings. The van der Waals surface area contributed by atoms with Crippen LogP contribution in [0.1, 0.15) is 55.4 Å². The van der Waals surface area contributed by atoms with Gasteiger partial charge in [-0.25, -0.2) is 0 Å². The van der Waals surface area contributed by atoms with Crippen molar-refractivity contribution in [3.8, 4) is 5.75 Å². The van der Waals surface area contributed by atoms with E-state index in [1.807, 2.05) is 48.5 Å². The summed E-state index contributed by atoms with van der Waals surface area (Å²) in [7, 11) is 0. The Hall–Kier alpha value is -3.31. The molecule has 5 heteroatoms. The van der Waals surface area contributed by atoms with Gasteiger partial charge in [0.2, 0.25) is 0 Å². The first-order valence-electron chi connectivity index (χ1n) is 13.4. The van der Waals surface area contributed by atoms with Crippen LogP contribution < -0.4 is 15.8 Å². The molecule has 0 bridgehead atoms. The average Bonchev–Trinajstić information content (AvgIpc) is 3.29. The fourth-order valence-corrected chi connectivity index (χ4v) is 5.19. The molecule has 0 spiro atoms. The molecule has 3 aromatic rings. The van der Waals surface area contributed by atoms with Crippen molar-refractivity contribution in [2.45, 2.75) is 64.5 Å². The van der Waals surface area contributed by atoms with E-state index in [0.717, 1.165) is 30.5 Å². The number of nitrogens with one attached hydrogen (secondary N) is 1. The van der Waals surface area contributed by atoms with Gasteiger partial charge in [-0.15, -0.1) is 0 Å². The lowest BCUT2D eigenvalue weighted by molar-refractivity contribution is -0.144. The molecule has 0 fully saturated rings. The Labute approximate surface area is 221 Å². The summed E-state index contributed by atoms with van der Waals surface area (Å²) in [6.07, 6.45) is 5.33. The SMILES string of the molecule is CC(C)(CC1Cc2ccccc2C1)NCCCOc1cc(CCC(=O)OCc2ccccc2)ccc1N. The van der Waals surface area contributed by atoms with E-state index in [1.54, 1.807) is 0 Å². The lowest BCUT2D eigenvalue weighted by atomic mass is 9.88. The number of rotatable bonds is 13. The number of ether oxygens (including phenoxy) is 2. The number of nitrogens with two attached hydrogens (primary N) is 1. The minimum Gasteiger partial charge on any atom is -0.491 e. The van der Waals surface area contributed by atoms with E-state index in [9.17, 15) is 4.79 Å². The first-order valence-corrected chi connectivity index (χ1v) is 13.4. The number of esters is 1. The zero-order valence-corrected chi connectivity index (χ0v) is 22.2. The zero-order valence-electron chi connectivity index (χ0n) is 22.2. The number of nitrogen functional groups attached to an aromatic ring is 1. The van der Waals surface area contributed by atoms with E-state index in [4.69, 9.17) is 15.2 Å². The minimum absolute atomic E-state index is 0.0841. The summed E-state index contributed by atoms with van der Waals surface area (Å²) >= 11 is 0. The van der Waals surface area contributed by atoms with Crippen LogP contribution in [0.3, 0.4) is 0 Å². The number of anilines is 1. The van der Waals surface area contributed by atoms with Gasteiger partial charge in [-0.1, -0.05) is 60.7 Å². The van der Waals surface area contributed by atoms with Crippen molar-refractivity contribution in [3.05, 3.63) is 95.1 Å². The second-order valence-electron chi connectivity index (χ2n) is 10.8. The first kappa shape index (κ1) is 26.7. The Bertz CT molecular complexity index is 1130. The monoisotopic (exact) mass is 500 g/mol. The van der Waals surface area contributed by atoms with Crippen molar-refractivity contribution in [2.24, 2.45) is 5.92 Å². The second kappa shape index (κ2) is 12.8. The number of carbonyl (C=O) groups excluding carboxylic acids is 1. The molecule has 4 rings (SSSR count). The molecule has 37 heavy (non-hydrogen) atoms. The van der Waals surface area contributed by atoms with Crippen molar-refractivity contribution >= 4 is 11.7 Å². The Morgan fingerprint density at radius 2 is 1.68 bits per heavy atom. The summed E-state index contributed by atoms with van der Waals surface area (Å²) in [5.41, 5.74) is 11.9. The number of fused-ring (bicyclic) bond motifs is 1. The van der Waals surface area contributed by atoms with Gasteiger partial charge in [0.25, 0.3) is 0 Å². The summed E-state index contributed by atoms with van der Waals surface area (Å²) in [4.78, 5) is 12.1. The molecule has 3 aromatic carbocycles. The maximum Gasteiger partial charge on any atom is 0.306 e. The molecule has 1 aliphatic carbocycles. The molecule has 0 radical (unpaired) electrons. The minimum atomic E-state index is -0.210. The van der Waals surface area contributed by atoms with Crippen molar-refractivity contribution in [2.75, 3.05) is 18.9 Å². The molecule has 0 saturated carbocycles. The molecule has 0 amide bonds. The fourth-order valence-electron chi connectivity index (χ4n) is 5.19. The third kappa shape index (κ3) is 8.36. The predicted molar refractivity (Wildman–Crippen MR) is 150 cm³/mol. The molecule has 3 N–H and O–H groups in total. The summed E-state index contributed by atoms with van der Waals surface area (Å²) in [5.74, 6) is 1.17.